The molecule has 0 heterocycles. The summed E-state index contributed by atoms with van der Waals surface area (Å²) in [6.45, 7) is 7.95. The first-order chi connectivity index (χ1) is 11.2. The van der Waals surface area contributed by atoms with Gasteiger partial charge in [-0.1, -0.05) is 26.8 Å². The number of aliphatic carboxylic acids is 1. The molecule has 1 unspecified atom stereocenters. The predicted molar refractivity (Wildman–Crippen MR) is 92.0 cm³/mol. The van der Waals surface area contributed by atoms with Crippen molar-refractivity contribution in [3.05, 3.63) is 35.4 Å². The number of hydrogen-bond donors (Lipinski definition) is 3. The number of carboxylic acid groups (broad SMARTS) is 1. The summed E-state index contributed by atoms with van der Waals surface area (Å²) in [5.74, 6) is -1.66. The van der Waals surface area contributed by atoms with E-state index >= 15 is 0 Å². The van der Waals surface area contributed by atoms with Crippen LogP contribution in [-0.2, 0) is 4.79 Å². The molecule has 3 N–H and O–H groups in total. The number of rotatable bonds is 8. The average Bonchev–Trinajstić information content (AvgIpc) is 2.51. The molecule has 1 aromatic rings. The Bertz CT molecular complexity index is 613. The minimum atomic E-state index is -0.973. The molecule has 0 aliphatic carbocycles. The summed E-state index contributed by atoms with van der Waals surface area (Å²) in [6.07, 6.45) is 0.654. The second-order valence-corrected chi connectivity index (χ2v) is 6.43. The molecule has 6 heteroatoms. The Hall–Kier alpha value is -2.37. The van der Waals surface area contributed by atoms with Gasteiger partial charge in [0.2, 0.25) is 0 Å². The number of benzene rings is 1. The van der Waals surface area contributed by atoms with Crippen LogP contribution in [0, 0.1) is 5.92 Å². The highest BCUT2D eigenvalue weighted by molar-refractivity contribution is 6.00. The van der Waals surface area contributed by atoms with Gasteiger partial charge in [0.25, 0.3) is 11.8 Å². The van der Waals surface area contributed by atoms with Crippen LogP contribution in [0.25, 0.3) is 0 Å². The van der Waals surface area contributed by atoms with Gasteiger partial charge < -0.3 is 15.7 Å². The van der Waals surface area contributed by atoms with Crippen molar-refractivity contribution in [1.82, 2.24) is 10.6 Å². The molecule has 0 aliphatic rings. The Morgan fingerprint density at radius 3 is 2.25 bits per heavy atom. The van der Waals surface area contributed by atoms with E-state index in [-0.39, 0.29) is 18.2 Å². The summed E-state index contributed by atoms with van der Waals surface area (Å²) in [4.78, 5) is 35.6. The molecule has 1 rings (SSSR count). The van der Waals surface area contributed by atoms with Crippen molar-refractivity contribution in [3.8, 4) is 0 Å². The first kappa shape index (κ1) is 19.7. The van der Waals surface area contributed by atoms with Gasteiger partial charge in [-0.15, -0.1) is 0 Å². The first-order valence-electron chi connectivity index (χ1n) is 8.12. The summed E-state index contributed by atoms with van der Waals surface area (Å²) in [6, 6.07) is 6.40. The Morgan fingerprint density at radius 2 is 1.75 bits per heavy atom. The van der Waals surface area contributed by atoms with Crippen LogP contribution in [0.5, 0.6) is 0 Å². The van der Waals surface area contributed by atoms with E-state index in [1.54, 1.807) is 25.1 Å². The van der Waals surface area contributed by atoms with Crippen molar-refractivity contribution in [1.29, 1.82) is 0 Å². The van der Waals surface area contributed by atoms with Crippen molar-refractivity contribution < 1.29 is 19.5 Å². The highest BCUT2D eigenvalue weighted by Crippen LogP contribution is 2.21. The third-order valence-electron chi connectivity index (χ3n) is 4.11. The number of hydrogen-bond acceptors (Lipinski definition) is 3. The Balaban J connectivity index is 2.94. The van der Waals surface area contributed by atoms with Crippen LogP contribution in [0.15, 0.2) is 24.3 Å². The van der Waals surface area contributed by atoms with Crippen LogP contribution < -0.4 is 10.6 Å². The van der Waals surface area contributed by atoms with Gasteiger partial charge in [0.15, 0.2) is 0 Å². The molecule has 6 nitrogen and oxygen atoms in total. The monoisotopic (exact) mass is 334 g/mol. The zero-order valence-electron chi connectivity index (χ0n) is 14.7. The lowest BCUT2D eigenvalue weighted by molar-refractivity contribution is -0.138. The Labute approximate surface area is 142 Å². The molecule has 0 saturated carbocycles. The minimum Gasteiger partial charge on any atom is -0.481 e. The maximum atomic E-state index is 12.5. The lowest BCUT2D eigenvalue weighted by atomic mass is 9.85. The standard InChI is InChI=1S/C18H26N2O4/c1-5-9-19-16(23)13-7-6-8-14(10-13)17(24)20-18(4,12(2)3)11-15(21)22/h6-8,10,12H,5,9,11H2,1-4H3,(H,19,23)(H,20,24)(H,21,22). The largest absolute Gasteiger partial charge is 0.481 e. The van der Waals surface area contributed by atoms with E-state index in [1.807, 2.05) is 20.8 Å². The van der Waals surface area contributed by atoms with E-state index in [1.165, 1.54) is 6.07 Å². The summed E-state index contributed by atoms with van der Waals surface area (Å²) < 4.78 is 0. The summed E-state index contributed by atoms with van der Waals surface area (Å²) in [5.41, 5.74) is -0.138. The van der Waals surface area contributed by atoms with Crippen molar-refractivity contribution in [2.45, 2.75) is 46.1 Å². The van der Waals surface area contributed by atoms with E-state index in [2.05, 4.69) is 10.6 Å². The van der Waals surface area contributed by atoms with Crippen molar-refractivity contribution >= 4 is 17.8 Å². The fraction of sp³-hybridized carbons (Fsp3) is 0.500. The fourth-order valence-corrected chi connectivity index (χ4v) is 2.18. The maximum Gasteiger partial charge on any atom is 0.305 e. The van der Waals surface area contributed by atoms with E-state index in [9.17, 15) is 14.4 Å². The summed E-state index contributed by atoms with van der Waals surface area (Å²) >= 11 is 0. The number of carbonyl (C=O) groups is 3. The van der Waals surface area contributed by atoms with Crippen LogP contribution in [-0.4, -0.2) is 35.0 Å². The van der Waals surface area contributed by atoms with Crippen LogP contribution in [0.2, 0.25) is 0 Å². The molecular formula is C18H26N2O4. The van der Waals surface area contributed by atoms with Gasteiger partial charge in [0.1, 0.15) is 0 Å². The summed E-state index contributed by atoms with van der Waals surface area (Å²) in [7, 11) is 0. The molecule has 0 fully saturated rings. The third-order valence-corrected chi connectivity index (χ3v) is 4.11. The number of amides is 2. The number of nitrogens with one attached hydrogen (secondary N) is 2. The Kier molecular flexibility index (Phi) is 6.95. The molecule has 1 atom stereocenters. The molecule has 24 heavy (non-hydrogen) atoms. The number of carboxylic acids is 1. The van der Waals surface area contributed by atoms with Crippen LogP contribution in [0.1, 0.15) is 61.3 Å². The van der Waals surface area contributed by atoms with Crippen molar-refractivity contribution in [2.75, 3.05) is 6.54 Å². The lowest BCUT2D eigenvalue weighted by Gasteiger charge is -2.33. The van der Waals surface area contributed by atoms with Gasteiger partial charge in [-0.25, -0.2) is 0 Å². The van der Waals surface area contributed by atoms with Crippen LogP contribution >= 0.6 is 0 Å². The molecule has 1 aromatic carbocycles. The van der Waals surface area contributed by atoms with Crippen LogP contribution in [0.3, 0.4) is 0 Å². The van der Waals surface area contributed by atoms with E-state index < -0.39 is 17.4 Å². The molecule has 0 spiro atoms. The molecule has 0 aromatic heterocycles. The predicted octanol–water partition coefficient (Wildman–Crippen LogP) is 2.45. The zero-order chi connectivity index (χ0) is 18.3. The van der Waals surface area contributed by atoms with Gasteiger partial charge >= 0.3 is 5.97 Å². The minimum absolute atomic E-state index is 0.0615. The molecule has 0 aliphatic heterocycles. The van der Waals surface area contributed by atoms with Gasteiger partial charge in [0.05, 0.1) is 12.0 Å². The van der Waals surface area contributed by atoms with Crippen molar-refractivity contribution in [3.63, 3.8) is 0 Å². The normalized spacial score (nSPS) is 13.2. The lowest BCUT2D eigenvalue weighted by Crippen LogP contribution is -2.51. The molecule has 132 valence electrons. The molecule has 0 bridgehead atoms. The zero-order valence-corrected chi connectivity index (χ0v) is 14.7. The SMILES string of the molecule is CCCNC(=O)c1cccc(C(=O)NC(C)(CC(=O)O)C(C)C)c1. The van der Waals surface area contributed by atoms with Gasteiger partial charge in [-0.3, -0.25) is 14.4 Å². The van der Waals surface area contributed by atoms with E-state index in [0.29, 0.717) is 17.7 Å². The summed E-state index contributed by atoms with van der Waals surface area (Å²) in [5, 5.41) is 14.6. The second-order valence-electron chi connectivity index (χ2n) is 6.43. The fourth-order valence-electron chi connectivity index (χ4n) is 2.18. The van der Waals surface area contributed by atoms with E-state index in [4.69, 9.17) is 5.11 Å². The smallest absolute Gasteiger partial charge is 0.305 e. The molecule has 0 saturated heterocycles. The van der Waals surface area contributed by atoms with Gasteiger partial charge in [-0.2, -0.15) is 0 Å². The third kappa shape index (κ3) is 5.37. The highest BCUT2D eigenvalue weighted by Gasteiger charge is 2.33. The number of carbonyl (C=O) groups excluding carboxylic acids is 2. The molecule has 0 radical (unpaired) electrons. The van der Waals surface area contributed by atoms with E-state index in [0.717, 1.165) is 6.42 Å². The maximum absolute atomic E-state index is 12.5. The van der Waals surface area contributed by atoms with Gasteiger partial charge in [0, 0.05) is 17.7 Å². The van der Waals surface area contributed by atoms with Crippen LogP contribution in [0.4, 0.5) is 0 Å². The van der Waals surface area contributed by atoms with Gasteiger partial charge in [-0.05, 0) is 37.5 Å². The Morgan fingerprint density at radius 1 is 1.17 bits per heavy atom. The quantitative estimate of drug-likeness (QED) is 0.680. The topological polar surface area (TPSA) is 95.5 Å². The highest BCUT2D eigenvalue weighted by atomic mass is 16.4. The molecule has 2 amide bonds. The second kappa shape index (κ2) is 8.47. The average molecular weight is 334 g/mol. The first-order valence-corrected chi connectivity index (χ1v) is 8.12. The molecular weight excluding hydrogens is 308 g/mol. The van der Waals surface area contributed by atoms with Crippen molar-refractivity contribution in [2.24, 2.45) is 5.92 Å².